The van der Waals surface area contributed by atoms with E-state index < -0.39 is 20.0 Å². The van der Waals surface area contributed by atoms with Crippen molar-refractivity contribution in [3.63, 3.8) is 0 Å². The van der Waals surface area contributed by atoms with Gasteiger partial charge in [-0.15, -0.1) is 0 Å². The molecule has 0 unspecified atom stereocenters. The molecule has 0 saturated carbocycles. The summed E-state index contributed by atoms with van der Waals surface area (Å²) in [5.74, 6) is 0. The van der Waals surface area contributed by atoms with E-state index in [2.05, 4.69) is 9.97 Å². The van der Waals surface area contributed by atoms with Crippen LogP contribution in [0.3, 0.4) is 0 Å². The van der Waals surface area contributed by atoms with Crippen LogP contribution in [-0.2, 0) is 20.0 Å². The summed E-state index contributed by atoms with van der Waals surface area (Å²) in [5, 5.41) is 0.386. The second-order valence-corrected chi connectivity index (χ2v) is 10.4. The topological polar surface area (TPSA) is 101 Å². The highest BCUT2D eigenvalue weighted by Crippen LogP contribution is 2.22. The summed E-state index contributed by atoms with van der Waals surface area (Å²) in [6.45, 7) is 0.474. The largest absolute Gasteiger partial charge is 0.244 e. The van der Waals surface area contributed by atoms with Gasteiger partial charge >= 0.3 is 0 Å². The van der Waals surface area contributed by atoms with Crippen molar-refractivity contribution in [3.05, 3.63) is 47.0 Å². The normalized spacial score (nSPS) is 17.6. The van der Waals surface area contributed by atoms with Gasteiger partial charge in [0.15, 0.2) is 0 Å². The second-order valence-electron chi connectivity index (χ2n) is 5.79. The third-order valence-electron chi connectivity index (χ3n) is 4.09. The van der Waals surface area contributed by atoms with Crippen LogP contribution in [0.2, 0.25) is 10.3 Å². The fourth-order valence-electron chi connectivity index (χ4n) is 2.68. The molecule has 1 fully saturated rings. The van der Waals surface area contributed by atoms with Crippen molar-refractivity contribution >= 4 is 43.2 Å². The van der Waals surface area contributed by atoms with E-state index in [-0.39, 0.29) is 46.3 Å². The van der Waals surface area contributed by atoms with Gasteiger partial charge in [0.2, 0.25) is 20.0 Å². The number of hydrogen-bond acceptors (Lipinski definition) is 6. The molecule has 0 spiro atoms. The summed E-state index contributed by atoms with van der Waals surface area (Å²) in [6, 6.07) is 5.56. The van der Waals surface area contributed by atoms with Crippen LogP contribution in [0.15, 0.2) is 46.5 Å². The minimum atomic E-state index is -3.78. The third-order valence-corrected chi connectivity index (χ3v) is 8.30. The molecule has 27 heavy (non-hydrogen) atoms. The Labute approximate surface area is 167 Å². The van der Waals surface area contributed by atoms with Gasteiger partial charge in [0.1, 0.15) is 20.1 Å². The summed E-state index contributed by atoms with van der Waals surface area (Å²) in [6.07, 6.45) is 2.74. The van der Waals surface area contributed by atoms with Gasteiger partial charge < -0.3 is 0 Å². The summed E-state index contributed by atoms with van der Waals surface area (Å²) in [5.41, 5.74) is 0. The molecule has 1 aliphatic rings. The van der Waals surface area contributed by atoms with E-state index in [9.17, 15) is 16.8 Å². The molecule has 2 aromatic heterocycles. The molecular formula is C15H16Cl2N4O4S2. The Morgan fingerprint density at radius 1 is 0.704 bits per heavy atom. The zero-order valence-electron chi connectivity index (χ0n) is 14.0. The van der Waals surface area contributed by atoms with Crippen LogP contribution >= 0.6 is 23.2 Å². The zero-order chi connectivity index (χ0) is 19.7. The standard InChI is InChI=1S/C15H16Cl2N4O4S2/c16-14-4-2-12(10-18-14)26(22,23)20-6-1-7-21(9-8-20)27(24,25)13-3-5-15(17)19-11-13/h2-5,10-11H,1,6-9H2. The van der Waals surface area contributed by atoms with Crippen LogP contribution in [-0.4, -0.2) is 61.6 Å². The molecule has 0 aromatic carbocycles. The zero-order valence-corrected chi connectivity index (χ0v) is 17.1. The van der Waals surface area contributed by atoms with Crippen molar-refractivity contribution < 1.29 is 16.8 Å². The summed E-state index contributed by atoms with van der Waals surface area (Å²) in [4.78, 5) is 7.64. The number of hydrogen-bond donors (Lipinski definition) is 0. The molecular weight excluding hydrogens is 435 g/mol. The first kappa shape index (κ1) is 20.4. The molecule has 0 amide bonds. The minimum absolute atomic E-state index is 0.0186. The molecule has 146 valence electrons. The maximum atomic E-state index is 12.8. The van der Waals surface area contributed by atoms with Gasteiger partial charge in [0.05, 0.1) is 0 Å². The Morgan fingerprint density at radius 3 is 1.44 bits per heavy atom. The Morgan fingerprint density at radius 2 is 1.11 bits per heavy atom. The average Bonchev–Trinajstić information content (AvgIpc) is 2.90. The molecule has 0 bridgehead atoms. The van der Waals surface area contributed by atoms with Crippen LogP contribution in [0.4, 0.5) is 0 Å². The van der Waals surface area contributed by atoms with Crippen molar-refractivity contribution in [1.29, 1.82) is 0 Å². The number of aromatic nitrogens is 2. The Hall–Kier alpha value is -1.30. The molecule has 0 N–H and O–H groups in total. The highest BCUT2D eigenvalue weighted by molar-refractivity contribution is 7.89. The lowest BCUT2D eigenvalue weighted by Crippen LogP contribution is -2.37. The van der Waals surface area contributed by atoms with Crippen LogP contribution in [0.1, 0.15) is 6.42 Å². The Bertz CT molecular complexity index is 929. The lowest BCUT2D eigenvalue weighted by Gasteiger charge is -2.21. The fourth-order valence-corrected chi connectivity index (χ4v) is 5.73. The minimum Gasteiger partial charge on any atom is -0.243 e. The molecule has 1 aliphatic heterocycles. The van der Waals surface area contributed by atoms with E-state index in [1.807, 2.05) is 0 Å². The maximum absolute atomic E-state index is 12.8. The number of rotatable bonds is 4. The van der Waals surface area contributed by atoms with E-state index in [4.69, 9.17) is 23.2 Å². The van der Waals surface area contributed by atoms with Crippen molar-refractivity contribution in [2.45, 2.75) is 16.2 Å². The second kappa shape index (κ2) is 7.98. The average molecular weight is 451 g/mol. The van der Waals surface area contributed by atoms with Gasteiger partial charge in [0, 0.05) is 38.6 Å². The van der Waals surface area contributed by atoms with Gasteiger partial charge in [-0.05, 0) is 30.7 Å². The predicted octanol–water partition coefficient (Wildman–Crippen LogP) is 1.87. The first-order valence-electron chi connectivity index (χ1n) is 7.95. The number of halogens is 2. The quantitative estimate of drug-likeness (QED) is 0.658. The van der Waals surface area contributed by atoms with Gasteiger partial charge in [0.25, 0.3) is 0 Å². The van der Waals surface area contributed by atoms with E-state index in [0.717, 1.165) is 0 Å². The fraction of sp³-hybridized carbons (Fsp3) is 0.333. The summed E-state index contributed by atoms with van der Waals surface area (Å²) >= 11 is 11.4. The number of sulfonamides is 2. The monoisotopic (exact) mass is 450 g/mol. The Balaban J connectivity index is 1.79. The highest BCUT2D eigenvalue weighted by atomic mass is 35.5. The smallest absolute Gasteiger partial charge is 0.243 e. The molecule has 0 aliphatic carbocycles. The lowest BCUT2D eigenvalue weighted by molar-refractivity contribution is 0.404. The lowest BCUT2D eigenvalue weighted by atomic mass is 10.4. The number of nitrogens with zero attached hydrogens (tertiary/aromatic N) is 4. The van der Waals surface area contributed by atoms with Crippen molar-refractivity contribution in [2.24, 2.45) is 0 Å². The molecule has 3 rings (SSSR count). The molecule has 3 heterocycles. The van der Waals surface area contributed by atoms with Gasteiger partial charge in [-0.1, -0.05) is 23.2 Å². The van der Waals surface area contributed by atoms with Crippen LogP contribution in [0.5, 0.6) is 0 Å². The predicted molar refractivity (Wildman–Crippen MR) is 101 cm³/mol. The highest BCUT2D eigenvalue weighted by Gasteiger charge is 2.32. The molecule has 2 aromatic rings. The van der Waals surface area contributed by atoms with Gasteiger partial charge in [-0.2, -0.15) is 8.61 Å². The first-order valence-corrected chi connectivity index (χ1v) is 11.6. The number of pyridine rings is 2. The van der Waals surface area contributed by atoms with Crippen LogP contribution in [0.25, 0.3) is 0 Å². The van der Waals surface area contributed by atoms with Crippen molar-refractivity contribution in [3.8, 4) is 0 Å². The van der Waals surface area contributed by atoms with Gasteiger partial charge in [-0.3, -0.25) is 0 Å². The van der Waals surface area contributed by atoms with Crippen molar-refractivity contribution in [2.75, 3.05) is 26.2 Å². The molecule has 8 nitrogen and oxygen atoms in total. The molecule has 0 radical (unpaired) electrons. The first-order chi connectivity index (χ1) is 12.7. The molecule has 0 atom stereocenters. The summed E-state index contributed by atoms with van der Waals surface area (Å²) < 4.78 is 53.6. The van der Waals surface area contributed by atoms with E-state index in [0.29, 0.717) is 6.42 Å². The van der Waals surface area contributed by atoms with Crippen molar-refractivity contribution in [1.82, 2.24) is 18.6 Å². The van der Waals surface area contributed by atoms with Crippen LogP contribution in [0, 0.1) is 0 Å². The molecule has 12 heteroatoms. The third kappa shape index (κ3) is 4.41. The Kier molecular flexibility index (Phi) is 6.04. The van der Waals surface area contributed by atoms with Gasteiger partial charge in [-0.25, -0.2) is 26.8 Å². The molecule has 1 saturated heterocycles. The van der Waals surface area contributed by atoms with E-state index >= 15 is 0 Å². The summed E-state index contributed by atoms with van der Waals surface area (Å²) in [7, 11) is -7.56. The maximum Gasteiger partial charge on any atom is 0.244 e. The van der Waals surface area contributed by atoms with Crippen LogP contribution < -0.4 is 0 Å². The SMILES string of the molecule is O=S(=O)(c1ccc(Cl)nc1)N1CCCN(S(=O)(=O)c2ccc(Cl)nc2)CC1. The van der Waals surface area contributed by atoms with E-state index in [1.165, 1.54) is 45.3 Å². The van der Waals surface area contributed by atoms with E-state index in [1.54, 1.807) is 0 Å².